The summed E-state index contributed by atoms with van der Waals surface area (Å²) in [5.41, 5.74) is 0. The number of aliphatic imine (C=N–C) groups is 1. The van der Waals surface area contributed by atoms with Crippen LogP contribution in [0.3, 0.4) is 0 Å². The van der Waals surface area contributed by atoms with Crippen LogP contribution >= 0.6 is 35.7 Å². The lowest BCUT2D eigenvalue weighted by atomic mass is 10.1. The van der Waals surface area contributed by atoms with Gasteiger partial charge in [0, 0.05) is 44.3 Å². The van der Waals surface area contributed by atoms with E-state index < -0.39 is 0 Å². The zero-order valence-corrected chi connectivity index (χ0v) is 17.7. The minimum absolute atomic E-state index is 0. The minimum Gasteiger partial charge on any atom is -0.355 e. The molecule has 8 heteroatoms. The van der Waals surface area contributed by atoms with E-state index in [9.17, 15) is 9.59 Å². The quantitative estimate of drug-likeness (QED) is 0.270. The predicted molar refractivity (Wildman–Crippen MR) is 110 cm³/mol. The van der Waals surface area contributed by atoms with Gasteiger partial charge in [0.2, 0.25) is 11.8 Å². The van der Waals surface area contributed by atoms with Crippen molar-refractivity contribution in [3.8, 4) is 0 Å². The summed E-state index contributed by atoms with van der Waals surface area (Å²) in [5.74, 6) is 1.82. The molecule has 2 rings (SSSR count). The lowest BCUT2D eigenvalue weighted by Crippen LogP contribution is -2.48. The normalized spacial score (nSPS) is 24.8. The van der Waals surface area contributed by atoms with Crippen molar-refractivity contribution in [3.63, 3.8) is 0 Å². The van der Waals surface area contributed by atoms with Gasteiger partial charge in [-0.1, -0.05) is 6.92 Å². The van der Waals surface area contributed by atoms with E-state index in [-0.39, 0.29) is 35.8 Å². The smallest absolute Gasteiger partial charge is 0.229 e. The first kappa shape index (κ1) is 21.5. The second-order valence-electron chi connectivity index (χ2n) is 6.02. The van der Waals surface area contributed by atoms with Crippen LogP contribution in [0.25, 0.3) is 0 Å². The van der Waals surface area contributed by atoms with Gasteiger partial charge >= 0.3 is 0 Å². The highest BCUT2D eigenvalue weighted by atomic mass is 127. The Morgan fingerprint density at radius 3 is 2.62 bits per heavy atom. The molecule has 1 heterocycles. The van der Waals surface area contributed by atoms with E-state index in [1.54, 1.807) is 7.05 Å². The molecule has 1 saturated heterocycles. The summed E-state index contributed by atoms with van der Waals surface area (Å²) in [6.45, 7) is 3.16. The SMILES string of the molecule is CCSC1CCC(NC(=NC)NCCN2C(=O)CCCC2=O)C1.I. The molecule has 1 aliphatic heterocycles. The topological polar surface area (TPSA) is 73.8 Å². The van der Waals surface area contributed by atoms with Crippen LogP contribution in [0.2, 0.25) is 0 Å². The van der Waals surface area contributed by atoms with Gasteiger partial charge in [0.25, 0.3) is 0 Å². The number of halogens is 1. The third kappa shape index (κ3) is 6.42. The molecule has 0 aromatic heterocycles. The Balaban J connectivity index is 0.00000288. The molecule has 2 aliphatic rings. The van der Waals surface area contributed by atoms with E-state index in [1.165, 1.54) is 29.9 Å². The monoisotopic (exact) mass is 468 g/mol. The number of hydrogen-bond donors (Lipinski definition) is 2. The van der Waals surface area contributed by atoms with Crippen molar-refractivity contribution in [3.05, 3.63) is 0 Å². The summed E-state index contributed by atoms with van der Waals surface area (Å²) in [6.07, 6.45) is 5.24. The van der Waals surface area contributed by atoms with Gasteiger partial charge < -0.3 is 10.6 Å². The molecule has 2 amide bonds. The minimum atomic E-state index is -0.0544. The van der Waals surface area contributed by atoms with Crippen molar-refractivity contribution in [1.82, 2.24) is 15.5 Å². The van der Waals surface area contributed by atoms with Gasteiger partial charge in [-0.25, -0.2) is 0 Å². The van der Waals surface area contributed by atoms with E-state index in [1.807, 2.05) is 11.8 Å². The van der Waals surface area contributed by atoms with Crippen LogP contribution in [0.5, 0.6) is 0 Å². The fourth-order valence-electron chi connectivity index (χ4n) is 3.18. The van der Waals surface area contributed by atoms with E-state index >= 15 is 0 Å². The second kappa shape index (κ2) is 11.2. The highest BCUT2D eigenvalue weighted by Gasteiger charge is 2.26. The van der Waals surface area contributed by atoms with Crippen LogP contribution in [0.1, 0.15) is 45.4 Å². The molecular formula is C16H29IN4O2S. The van der Waals surface area contributed by atoms with Crippen molar-refractivity contribution in [1.29, 1.82) is 0 Å². The fraction of sp³-hybridized carbons (Fsp3) is 0.812. The lowest BCUT2D eigenvalue weighted by Gasteiger charge is -2.25. The first-order valence-electron chi connectivity index (χ1n) is 8.56. The van der Waals surface area contributed by atoms with E-state index in [0.29, 0.717) is 38.4 Å². The average molecular weight is 468 g/mol. The highest BCUT2D eigenvalue weighted by molar-refractivity contribution is 14.0. The molecule has 138 valence electrons. The number of thioether (sulfide) groups is 1. The molecule has 6 nitrogen and oxygen atoms in total. The molecule has 2 N–H and O–H groups in total. The molecule has 0 aromatic carbocycles. The van der Waals surface area contributed by atoms with Gasteiger partial charge in [-0.15, -0.1) is 24.0 Å². The maximum Gasteiger partial charge on any atom is 0.229 e. The molecule has 1 saturated carbocycles. The third-order valence-corrected chi connectivity index (χ3v) is 5.60. The van der Waals surface area contributed by atoms with Crippen LogP contribution in [0.4, 0.5) is 0 Å². The molecule has 2 unspecified atom stereocenters. The number of imide groups is 1. The molecule has 0 radical (unpaired) electrons. The molecule has 2 atom stereocenters. The first-order chi connectivity index (χ1) is 11.1. The van der Waals surface area contributed by atoms with Crippen LogP contribution < -0.4 is 10.6 Å². The Hall–Kier alpha value is -0.510. The van der Waals surface area contributed by atoms with Crippen molar-refractivity contribution < 1.29 is 9.59 Å². The molecular weight excluding hydrogens is 439 g/mol. The molecule has 2 fully saturated rings. The standard InChI is InChI=1S/C16H28N4O2S.HI/c1-3-23-13-8-7-12(11-13)19-16(17-2)18-9-10-20-14(21)5-4-6-15(20)22;/h12-13H,3-11H2,1-2H3,(H2,17,18,19);1H. The second-order valence-corrected chi connectivity index (χ2v) is 7.60. The number of carbonyl (C=O) groups is 2. The van der Waals surface area contributed by atoms with Crippen molar-refractivity contribution in [2.75, 3.05) is 25.9 Å². The number of carbonyl (C=O) groups excluding carboxylic acids is 2. The maximum atomic E-state index is 11.8. The fourth-order valence-corrected chi connectivity index (χ4v) is 4.32. The predicted octanol–water partition coefficient (Wildman–Crippen LogP) is 1.98. The Morgan fingerprint density at radius 1 is 1.29 bits per heavy atom. The Morgan fingerprint density at radius 2 is 2.00 bits per heavy atom. The van der Waals surface area contributed by atoms with Gasteiger partial charge in [0.1, 0.15) is 0 Å². The van der Waals surface area contributed by atoms with Gasteiger partial charge in [0.05, 0.1) is 0 Å². The van der Waals surface area contributed by atoms with Crippen molar-refractivity contribution in [2.24, 2.45) is 4.99 Å². The number of nitrogens with one attached hydrogen (secondary N) is 2. The van der Waals surface area contributed by atoms with Crippen LogP contribution in [-0.4, -0.2) is 59.9 Å². The zero-order valence-electron chi connectivity index (χ0n) is 14.5. The Labute approximate surface area is 166 Å². The maximum absolute atomic E-state index is 11.8. The molecule has 0 spiro atoms. The number of rotatable bonds is 6. The van der Waals surface area contributed by atoms with Crippen LogP contribution in [0.15, 0.2) is 4.99 Å². The van der Waals surface area contributed by atoms with E-state index in [0.717, 1.165) is 11.2 Å². The first-order valence-corrected chi connectivity index (χ1v) is 9.61. The van der Waals surface area contributed by atoms with Gasteiger partial charge in [0.15, 0.2) is 5.96 Å². The van der Waals surface area contributed by atoms with Crippen molar-refractivity contribution >= 4 is 53.5 Å². The highest BCUT2D eigenvalue weighted by Crippen LogP contribution is 2.29. The Bertz CT molecular complexity index is 445. The van der Waals surface area contributed by atoms with Gasteiger partial charge in [-0.2, -0.15) is 11.8 Å². The number of amides is 2. The molecule has 24 heavy (non-hydrogen) atoms. The zero-order chi connectivity index (χ0) is 16.7. The molecule has 0 aromatic rings. The van der Waals surface area contributed by atoms with Crippen molar-refractivity contribution in [2.45, 2.75) is 56.7 Å². The van der Waals surface area contributed by atoms with Gasteiger partial charge in [-0.05, 0) is 31.4 Å². The van der Waals surface area contributed by atoms with Crippen LogP contribution in [0, 0.1) is 0 Å². The molecule has 0 bridgehead atoms. The molecule has 1 aliphatic carbocycles. The third-order valence-electron chi connectivity index (χ3n) is 4.36. The van der Waals surface area contributed by atoms with E-state index in [4.69, 9.17) is 0 Å². The summed E-state index contributed by atoms with van der Waals surface area (Å²) in [5, 5.41) is 7.42. The number of guanidine groups is 1. The largest absolute Gasteiger partial charge is 0.355 e. The number of piperidine rings is 1. The summed E-state index contributed by atoms with van der Waals surface area (Å²) in [7, 11) is 1.75. The summed E-state index contributed by atoms with van der Waals surface area (Å²) >= 11 is 2.03. The summed E-state index contributed by atoms with van der Waals surface area (Å²) in [6, 6.07) is 0.462. The number of hydrogen-bond acceptors (Lipinski definition) is 4. The number of nitrogens with zero attached hydrogens (tertiary/aromatic N) is 2. The Kier molecular flexibility index (Phi) is 10.0. The summed E-state index contributed by atoms with van der Waals surface area (Å²) in [4.78, 5) is 29.1. The van der Waals surface area contributed by atoms with E-state index in [2.05, 4.69) is 22.5 Å². The number of likely N-dealkylation sites (tertiary alicyclic amines) is 1. The summed E-state index contributed by atoms with van der Waals surface area (Å²) < 4.78 is 0. The van der Waals surface area contributed by atoms with Crippen LogP contribution in [-0.2, 0) is 9.59 Å². The van der Waals surface area contributed by atoms with Gasteiger partial charge in [-0.3, -0.25) is 19.5 Å². The average Bonchev–Trinajstić information content (AvgIpc) is 2.96. The lowest BCUT2D eigenvalue weighted by molar-refractivity contribution is -0.147.